The third-order valence-electron chi connectivity index (χ3n) is 6.30. The molecule has 0 bridgehead atoms. The van der Waals surface area contributed by atoms with Gasteiger partial charge in [-0.2, -0.15) is 5.26 Å². The van der Waals surface area contributed by atoms with Crippen LogP contribution in [-0.2, 0) is 10.7 Å². The van der Waals surface area contributed by atoms with Crippen molar-refractivity contribution in [1.29, 1.82) is 5.26 Å². The molecule has 0 radical (unpaired) electrons. The lowest BCUT2D eigenvalue weighted by Gasteiger charge is -2.30. The lowest BCUT2D eigenvalue weighted by molar-refractivity contribution is 0.0928. The number of amides is 1. The van der Waals surface area contributed by atoms with Crippen molar-refractivity contribution >= 4 is 50.6 Å². The molecule has 0 saturated heterocycles. The van der Waals surface area contributed by atoms with E-state index in [0.717, 1.165) is 47.8 Å². The van der Waals surface area contributed by atoms with Crippen molar-refractivity contribution < 1.29 is 4.79 Å². The van der Waals surface area contributed by atoms with E-state index in [0.29, 0.717) is 21.7 Å². The van der Waals surface area contributed by atoms with E-state index in [1.807, 2.05) is 37.3 Å². The number of nitrogens with one attached hydrogen (secondary N) is 1. The molecule has 3 unspecified atom stereocenters. The summed E-state index contributed by atoms with van der Waals surface area (Å²) in [7, 11) is -0.258. The molecule has 1 saturated carbocycles. The van der Waals surface area contributed by atoms with E-state index in [4.69, 9.17) is 21.7 Å². The Labute approximate surface area is 207 Å². The number of anilines is 1. The largest absolute Gasteiger partial charge is 0.384 e. The summed E-state index contributed by atoms with van der Waals surface area (Å²) < 4.78 is 5.03. The summed E-state index contributed by atoms with van der Waals surface area (Å²) in [5, 5.41) is 14.3. The summed E-state index contributed by atoms with van der Waals surface area (Å²) in [4.78, 5) is 17.3. The number of nitriles is 1. The summed E-state index contributed by atoms with van der Waals surface area (Å²) >= 11 is 6.21. The predicted molar refractivity (Wildman–Crippen MR) is 141 cm³/mol. The number of nitrogen functional groups attached to an aromatic ring is 1. The second-order valence-corrected chi connectivity index (χ2v) is 11.1. The molecule has 6 nitrogen and oxygen atoms in total. The molecule has 1 amide bonds. The molecule has 1 aromatic heterocycles. The molecule has 1 aliphatic rings. The monoisotopic (exact) mass is 493 g/mol. The van der Waals surface area contributed by atoms with Crippen LogP contribution in [0.3, 0.4) is 0 Å². The molecule has 3 N–H and O–H groups in total. The van der Waals surface area contributed by atoms with Gasteiger partial charge in [0.15, 0.2) is 0 Å². The molecule has 1 fully saturated rings. The minimum absolute atomic E-state index is 0.0897. The highest BCUT2D eigenvalue weighted by molar-refractivity contribution is 7.87. The van der Waals surface area contributed by atoms with Crippen molar-refractivity contribution in [3.8, 4) is 6.07 Å². The summed E-state index contributed by atoms with van der Waals surface area (Å²) in [6.45, 7) is 1.84. The summed E-state index contributed by atoms with van der Waals surface area (Å²) in [5.74, 6) is 0.101. The van der Waals surface area contributed by atoms with Gasteiger partial charge in [-0.25, -0.2) is 9.35 Å². The Bertz CT molecular complexity index is 1300. The maximum absolute atomic E-state index is 12.9. The molecule has 4 atom stereocenters. The summed E-state index contributed by atoms with van der Waals surface area (Å²) in [6.07, 6.45) is 6.09. The van der Waals surface area contributed by atoms with Crippen LogP contribution < -0.4 is 11.1 Å². The Morgan fingerprint density at radius 3 is 2.91 bits per heavy atom. The lowest BCUT2D eigenvalue weighted by Crippen LogP contribution is -2.40. The highest BCUT2D eigenvalue weighted by atomic mass is 35.5. The van der Waals surface area contributed by atoms with Crippen molar-refractivity contribution in [2.45, 2.75) is 49.8 Å². The number of benzene rings is 2. The number of aromatic nitrogens is 1. The first-order chi connectivity index (χ1) is 16.3. The molecular weight excluding hydrogens is 466 g/mol. The number of nitrogens with two attached hydrogens (primary N) is 1. The molecule has 176 valence electrons. The quantitative estimate of drug-likeness (QED) is 0.461. The topological polar surface area (TPSA) is 104 Å². The zero-order chi connectivity index (χ0) is 24.2. The van der Waals surface area contributed by atoms with Gasteiger partial charge in [-0.15, -0.1) is 0 Å². The van der Waals surface area contributed by atoms with Crippen LogP contribution >= 0.6 is 11.6 Å². The maximum atomic E-state index is 12.9. The molecule has 3 aromatic rings. The molecule has 1 aliphatic carbocycles. The number of hydrogen-bond donors (Lipinski definition) is 2. The first-order valence-corrected chi connectivity index (χ1v) is 13.4. The lowest BCUT2D eigenvalue weighted by atomic mass is 9.94. The second kappa shape index (κ2) is 10.5. The van der Waals surface area contributed by atoms with Gasteiger partial charge in [-0.1, -0.05) is 40.8 Å². The van der Waals surface area contributed by atoms with Crippen LogP contribution in [0.4, 0.5) is 11.5 Å². The van der Waals surface area contributed by atoms with Gasteiger partial charge < -0.3 is 11.1 Å². The van der Waals surface area contributed by atoms with Crippen molar-refractivity contribution in [2.24, 2.45) is 4.36 Å². The van der Waals surface area contributed by atoms with Gasteiger partial charge in [0.05, 0.1) is 23.2 Å². The van der Waals surface area contributed by atoms with E-state index in [1.165, 1.54) is 0 Å². The second-order valence-electron chi connectivity index (χ2n) is 8.78. The van der Waals surface area contributed by atoms with E-state index in [-0.39, 0.29) is 28.6 Å². The fourth-order valence-electron chi connectivity index (χ4n) is 4.38. The molecule has 2 aromatic carbocycles. The summed E-state index contributed by atoms with van der Waals surface area (Å²) in [5.41, 5.74) is 9.06. The van der Waals surface area contributed by atoms with Crippen LogP contribution in [0.15, 0.2) is 52.9 Å². The van der Waals surface area contributed by atoms with Crippen LogP contribution in [0.2, 0.25) is 5.02 Å². The molecule has 1 heterocycles. The number of nitrogens with zero attached hydrogens (tertiary/aromatic N) is 3. The van der Waals surface area contributed by atoms with Gasteiger partial charge in [-0.05, 0) is 68.3 Å². The van der Waals surface area contributed by atoms with Gasteiger partial charge in [0.25, 0.3) is 5.91 Å². The van der Waals surface area contributed by atoms with E-state index < -0.39 is 0 Å². The van der Waals surface area contributed by atoms with Crippen LogP contribution in [0.5, 0.6) is 0 Å². The first-order valence-electron chi connectivity index (χ1n) is 11.4. The van der Waals surface area contributed by atoms with Crippen LogP contribution in [0.1, 0.15) is 54.4 Å². The van der Waals surface area contributed by atoms with E-state index in [2.05, 4.69) is 22.6 Å². The van der Waals surface area contributed by atoms with Crippen LogP contribution in [0, 0.1) is 11.3 Å². The van der Waals surface area contributed by atoms with E-state index in [1.54, 1.807) is 18.2 Å². The zero-order valence-corrected chi connectivity index (χ0v) is 20.9. The zero-order valence-electron chi connectivity index (χ0n) is 19.3. The van der Waals surface area contributed by atoms with Gasteiger partial charge in [0.1, 0.15) is 5.82 Å². The Hall–Kier alpha value is -2.95. The molecule has 0 aliphatic heterocycles. The number of rotatable bonds is 5. The van der Waals surface area contributed by atoms with E-state index in [9.17, 15) is 10.1 Å². The average Bonchev–Trinajstić information content (AvgIpc) is 2.84. The Kier molecular flexibility index (Phi) is 7.50. The van der Waals surface area contributed by atoms with Gasteiger partial charge in [-0.3, -0.25) is 4.79 Å². The van der Waals surface area contributed by atoms with Gasteiger partial charge in [0, 0.05) is 33.3 Å². The van der Waals surface area contributed by atoms with E-state index >= 15 is 0 Å². The number of carbonyl (C=O) groups excluding carboxylic acids is 1. The first kappa shape index (κ1) is 24.2. The Morgan fingerprint density at radius 1 is 1.29 bits per heavy atom. The third kappa shape index (κ3) is 5.57. The van der Waals surface area contributed by atoms with Crippen LogP contribution in [0.25, 0.3) is 10.9 Å². The fourth-order valence-corrected chi connectivity index (χ4v) is 6.18. The standard InChI is InChI=1S/C26H28ClN5OS/c1-16(15-28)17-5-3-6-18(11-17)26(33)30-20-7-4-8-21(13-20)34(2)32-24-14-25(29)31-23-10-9-19(27)12-22(23)24/h3,5-6,9-12,14,16,20-21H,4,7-8,13H2,1-2H3,(H2,29,31)(H,30,33)/t16?,20?,21?,34-/m0/s1. The number of fused-ring (bicyclic) bond motifs is 1. The number of hydrogen-bond acceptors (Lipinski definition) is 5. The normalized spacial score (nSPS) is 19.9. The SMILES string of the molecule is CC(C#N)c1cccc(C(=O)NC2CCCC([S@](C)=Nc3cc(N)nc4ccc(Cl)cc34)C2)c1. The highest BCUT2D eigenvalue weighted by Crippen LogP contribution is 2.32. The van der Waals surface area contributed by atoms with Crippen molar-refractivity contribution in [3.05, 3.63) is 64.7 Å². The minimum Gasteiger partial charge on any atom is -0.384 e. The number of halogens is 1. The number of carbonyl (C=O) groups is 1. The van der Waals surface area contributed by atoms with Crippen molar-refractivity contribution in [1.82, 2.24) is 10.3 Å². The molecular formula is C26H28ClN5OS. The molecule has 34 heavy (non-hydrogen) atoms. The Morgan fingerprint density at radius 2 is 2.12 bits per heavy atom. The van der Waals surface area contributed by atoms with Gasteiger partial charge >= 0.3 is 0 Å². The summed E-state index contributed by atoms with van der Waals surface area (Å²) in [6, 6.07) is 17.0. The van der Waals surface area contributed by atoms with Crippen molar-refractivity contribution in [2.75, 3.05) is 12.0 Å². The van der Waals surface area contributed by atoms with Crippen molar-refractivity contribution in [3.63, 3.8) is 0 Å². The van der Waals surface area contributed by atoms with Crippen LogP contribution in [-0.4, -0.2) is 28.4 Å². The average molecular weight is 494 g/mol. The Balaban J connectivity index is 1.50. The smallest absolute Gasteiger partial charge is 0.251 e. The maximum Gasteiger partial charge on any atom is 0.251 e. The highest BCUT2D eigenvalue weighted by Gasteiger charge is 2.25. The molecule has 0 spiro atoms. The predicted octanol–water partition coefficient (Wildman–Crippen LogP) is 5.90. The number of pyridine rings is 1. The van der Waals surface area contributed by atoms with Gasteiger partial charge in [0.2, 0.25) is 0 Å². The fraction of sp³-hybridized carbons (Fsp3) is 0.346. The molecule has 4 rings (SSSR count). The minimum atomic E-state index is -0.258. The third-order valence-corrected chi connectivity index (χ3v) is 8.41. The molecule has 8 heteroatoms.